The fourth-order valence-electron chi connectivity index (χ4n) is 3.46. The zero-order valence-corrected chi connectivity index (χ0v) is 20.3. The SMILES string of the molecule is CCC(C)NC(=O)C(CC)N(Cc1cccc(C)c1)C(=O)CCCOc1ccc(Cl)cc1. The first-order chi connectivity index (χ1) is 15.3. The third kappa shape index (κ3) is 8.19. The van der Waals surface area contributed by atoms with E-state index in [0.29, 0.717) is 37.4 Å². The number of hydrogen-bond acceptors (Lipinski definition) is 3. The van der Waals surface area contributed by atoms with Crippen LogP contribution >= 0.6 is 11.6 Å². The first kappa shape index (κ1) is 25.7. The molecule has 1 N–H and O–H groups in total. The van der Waals surface area contributed by atoms with Gasteiger partial charge in [-0.15, -0.1) is 0 Å². The maximum atomic E-state index is 13.2. The van der Waals surface area contributed by atoms with Gasteiger partial charge in [0.2, 0.25) is 11.8 Å². The Kier molecular flexibility index (Phi) is 10.5. The Bertz CT molecular complexity index is 870. The second kappa shape index (κ2) is 13.1. The van der Waals surface area contributed by atoms with Gasteiger partial charge in [0, 0.05) is 24.0 Å². The van der Waals surface area contributed by atoms with E-state index in [9.17, 15) is 9.59 Å². The highest BCUT2D eigenvalue weighted by atomic mass is 35.5. The van der Waals surface area contributed by atoms with Crippen LogP contribution < -0.4 is 10.1 Å². The van der Waals surface area contributed by atoms with Crippen LogP contribution in [0.5, 0.6) is 5.75 Å². The third-order valence-electron chi connectivity index (χ3n) is 5.44. The summed E-state index contributed by atoms with van der Waals surface area (Å²) >= 11 is 5.90. The Hall–Kier alpha value is -2.53. The molecule has 0 spiro atoms. The normalized spacial score (nSPS) is 12.7. The van der Waals surface area contributed by atoms with Gasteiger partial charge in [0.15, 0.2) is 0 Å². The van der Waals surface area contributed by atoms with E-state index in [-0.39, 0.29) is 17.9 Å². The fraction of sp³-hybridized carbons (Fsp3) is 0.462. The van der Waals surface area contributed by atoms with Crippen molar-refractivity contribution in [3.8, 4) is 5.75 Å². The van der Waals surface area contributed by atoms with Crippen molar-refractivity contribution in [1.82, 2.24) is 10.2 Å². The minimum atomic E-state index is -0.505. The van der Waals surface area contributed by atoms with Gasteiger partial charge in [-0.25, -0.2) is 0 Å². The molecule has 2 aromatic carbocycles. The Morgan fingerprint density at radius 1 is 1.09 bits per heavy atom. The number of nitrogens with zero attached hydrogens (tertiary/aromatic N) is 1. The lowest BCUT2D eigenvalue weighted by Gasteiger charge is -2.31. The monoisotopic (exact) mass is 458 g/mol. The molecule has 32 heavy (non-hydrogen) atoms. The Morgan fingerprint density at radius 3 is 2.44 bits per heavy atom. The molecule has 5 nitrogen and oxygen atoms in total. The van der Waals surface area contributed by atoms with Gasteiger partial charge in [0.25, 0.3) is 0 Å². The van der Waals surface area contributed by atoms with E-state index in [4.69, 9.17) is 16.3 Å². The van der Waals surface area contributed by atoms with Crippen LogP contribution in [0, 0.1) is 6.92 Å². The number of aryl methyl sites for hydroxylation is 1. The molecule has 0 aliphatic carbocycles. The summed E-state index contributed by atoms with van der Waals surface area (Å²) < 4.78 is 5.72. The van der Waals surface area contributed by atoms with Crippen molar-refractivity contribution in [1.29, 1.82) is 0 Å². The van der Waals surface area contributed by atoms with Crippen molar-refractivity contribution in [2.45, 2.75) is 72.0 Å². The highest BCUT2D eigenvalue weighted by Crippen LogP contribution is 2.18. The average molecular weight is 459 g/mol. The molecule has 0 aliphatic heterocycles. The zero-order valence-electron chi connectivity index (χ0n) is 19.6. The molecule has 0 fully saturated rings. The maximum absolute atomic E-state index is 13.2. The van der Waals surface area contributed by atoms with Crippen LogP contribution in [-0.4, -0.2) is 35.4 Å². The lowest BCUT2D eigenvalue weighted by molar-refractivity contribution is -0.141. The number of halogens is 1. The van der Waals surface area contributed by atoms with E-state index in [1.165, 1.54) is 0 Å². The van der Waals surface area contributed by atoms with E-state index in [0.717, 1.165) is 23.3 Å². The lowest BCUT2D eigenvalue weighted by atomic mass is 10.1. The Balaban J connectivity index is 2.06. The minimum absolute atomic E-state index is 0.0441. The summed E-state index contributed by atoms with van der Waals surface area (Å²) in [5, 5.41) is 3.69. The van der Waals surface area contributed by atoms with E-state index >= 15 is 0 Å². The van der Waals surface area contributed by atoms with E-state index in [2.05, 4.69) is 11.4 Å². The van der Waals surface area contributed by atoms with Gasteiger partial charge in [-0.3, -0.25) is 9.59 Å². The maximum Gasteiger partial charge on any atom is 0.243 e. The molecule has 0 aromatic heterocycles. The molecule has 0 heterocycles. The molecule has 2 rings (SSSR count). The zero-order chi connectivity index (χ0) is 23.5. The summed E-state index contributed by atoms with van der Waals surface area (Å²) in [5.41, 5.74) is 2.15. The van der Waals surface area contributed by atoms with Crippen molar-refractivity contribution >= 4 is 23.4 Å². The van der Waals surface area contributed by atoms with Gasteiger partial charge in [-0.2, -0.15) is 0 Å². The first-order valence-corrected chi connectivity index (χ1v) is 11.8. The predicted molar refractivity (Wildman–Crippen MR) is 130 cm³/mol. The quantitative estimate of drug-likeness (QED) is 0.425. The van der Waals surface area contributed by atoms with Gasteiger partial charge >= 0.3 is 0 Å². The number of ether oxygens (including phenoxy) is 1. The summed E-state index contributed by atoms with van der Waals surface area (Å²) in [6.45, 7) is 8.80. The minimum Gasteiger partial charge on any atom is -0.494 e. The summed E-state index contributed by atoms with van der Waals surface area (Å²) in [6, 6.07) is 14.8. The summed E-state index contributed by atoms with van der Waals surface area (Å²) in [4.78, 5) is 27.9. The van der Waals surface area contributed by atoms with Crippen molar-refractivity contribution in [2.24, 2.45) is 0 Å². The van der Waals surface area contributed by atoms with E-state index in [1.54, 1.807) is 29.2 Å². The number of rotatable bonds is 12. The Labute approximate surface area is 197 Å². The van der Waals surface area contributed by atoms with Crippen LogP contribution in [0.3, 0.4) is 0 Å². The third-order valence-corrected chi connectivity index (χ3v) is 5.69. The van der Waals surface area contributed by atoms with E-state index < -0.39 is 6.04 Å². The van der Waals surface area contributed by atoms with Gasteiger partial charge in [-0.1, -0.05) is 55.3 Å². The van der Waals surface area contributed by atoms with Crippen LogP contribution in [0.15, 0.2) is 48.5 Å². The predicted octanol–water partition coefficient (Wildman–Crippen LogP) is 5.53. The number of benzene rings is 2. The molecular formula is C26H35ClN2O3. The smallest absolute Gasteiger partial charge is 0.243 e. The Morgan fingerprint density at radius 2 is 1.81 bits per heavy atom. The highest BCUT2D eigenvalue weighted by Gasteiger charge is 2.28. The largest absolute Gasteiger partial charge is 0.494 e. The van der Waals surface area contributed by atoms with Crippen molar-refractivity contribution < 1.29 is 14.3 Å². The first-order valence-electron chi connectivity index (χ1n) is 11.4. The molecule has 0 bridgehead atoms. The van der Waals surface area contributed by atoms with Crippen molar-refractivity contribution in [2.75, 3.05) is 6.61 Å². The molecular weight excluding hydrogens is 424 g/mol. The van der Waals surface area contributed by atoms with Crippen LogP contribution in [0.25, 0.3) is 0 Å². The summed E-state index contributed by atoms with van der Waals surface area (Å²) in [5.74, 6) is 0.579. The van der Waals surface area contributed by atoms with Crippen molar-refractivity contribution in [3.63, 3.8) is 0 Å². The number of carbonyl (C=O) groups excluding carboxylic acids is 2. The van der Waals surface area contributed by atoms with Crippen molar-refractivity contribution in [3.05, 3.63) is 64.7 Å². The highest BCUT2D eigenvalue weighted by molar-refractivity contribution is 6.30. The molecule has 174 valence electrons. The van der Waals surface area contributed by atoms with Gasteiger partial charge in [0.1, 0.15) is 11.8 Å². The standard InChI is InChI=1S/C26H35ClN2O3/c1-5-20(4)28-26(31)24(6-2)29(18-21-10-7-9-19(3)17-21)25(30)11-8-16-32-23-14-12-22(27)13-15-23/h7,9-10,12-15,17,20,24H,5-6,8,11,16,18H2,1-4H3,(H,28,31). The molecule has 0 saturated heterocycles. The molecule has 0 radical (unpaired) electrons. The molecule has 6 heteroatoms. The number of amides is 2. The van der Waals surface area contributed by atoms with E-state index in [1.807, 2.05) is 45.9 Å². The van der Waals surface area contributed by atoms with Crippen LogP contribution in [0.1, 0.15) is 57.6 Å². The van der Waals surface area contributed by atoms with Crippen LogP contribution in [-0.2, 0) is 16.1 Å². The van der Waals surface area contributed by atoms with Gasteiger partial charge < -0.3 is 15.0 Å². The number of carbonyl (C=O) groups is 2. The fourth-order valence-corrected chi connectivity index (χ4v) is 3.58. The molecule has 2 atom stereocenters. The second-order valence-electron chi connectivity index (χ2n) is 8.16. The molecule has 0 aliphatic rings. The van der Waals surface area contributed by atoms with Gasteiger partial charge in [0.05, 0.1) is 6.61 Å². The topological polar surface area (TPSA) is 58.6 Å². The average Bonchev–Trinajstić information content (AvgIpc) is 2.77. The second-order valence-corrected chi connectivity index (χ2v) is 8.59. The van der Waals surface area contributed by atoms with Gasteiger partial charge in [-0.05, 0) is 62.9 Å². The number of nitrogens with one attached hydrogen (secondary N) is 1. The lowest BCUT2D eigenvalue weighted by Crippen LogP contribution is -2.50. The summed E-state index contributed by atoms with van der Waals surface area (Å²) in [7, 11) is 0. The molecule has 0 saturated carbocycles. The molecule has 2 amide bonds. The number of hydrogen-bond donors (Lipinski definition) is 1. The molecule has 2 aromatic rings. The summed E-state index contributed by atoms with van der Waals surface area (Å²) in [6.07, 6.45) is 2.28. The van der Waals surface area contributed by atoms with Crippen LogP contribution in [0.2, 0.25) is 5.02 Å². The van der Waals surface area contributed by atoms with Crippen LogP contribution in [0.4, 0.5) is 0 Å². The molecule has 2 unspecified atom stereocenters.